The van der Waals surface area contributed by atoms with Crippen LogP contribution >= 0.6 is 34.8 Å². The van der Waals surface area contributed by atoms with Crippen LogP contribution in [0, 0.1) is 40.5 Å². The Morgan fingerprint density at radius 2 is 1.55 bits per heavy atom. The Labute approximate surface area is 287 Å². The third-order valence-corrected chi connectivity index (χ3v) is 7.98. The fraction of sp³-hybridized carbons (Fsp3) is 0.323. The minimum absolute atomic E-state index is 0.0114. The third kappa shape index (κ3) is 10.0. The largest absolute Gasteiger partial charge is 0.460 e. The number of allylic oxidation sites excluding steroid dienone is 1. The number of ether oxygens (including phenoxy) is 1. The molecule has 1 N–H and O–H groups in total. The second-order valence-corrected chi connectivity index (χ2v) is 12.5. The van der Waals surface area contributed by atoms with Crippen molar-refractivity contribution in [3.63, 3.8) is 0 Å². The molecule has 0 unspecified atom stereocenters. The molecular formula is C31H23Cl3F10N2O3. The van der Waals surface area contributed by atoms with Gasteiger partial charge in [0.25, 0.3) is 5.91 Å². The highest BCUT2D eigenvalue weighted by Gasteiger charge is 2.61. The van der Waals surface area contributed by atoms with Gasteiger partial charge in [0.05, 0.1) is 38.9 Å². The van der Waals surface area contributed by atoms with Gasteiger partial charge in [-0.05, 0) is 35.6 Å². The van der Waals surface area contributed by atoms with E-state index in [1.54, 1.807) is 13.8 Å². The molecule has 4 rings (SSSR count). The highest BCUT2D eigenvalue weighted by Crippen LogP contribution is 2.60. The van der Waals surface area contributed by atoms with E-state index in [4.69, 9.17) is 39.5 Å². The molecule has 18 heteroatoms. The molecule has 0 radical (unpaired) electrons. The summed E-state index contributed by atoms with van der Waals surface area (Å²) >= 11 is 16.8. The average molecular weight is 768 g/mol. The molecule has 1 fully saturated rings. The number of nitrogens with one attached hydrogen (secondary N) is 1. The molecule has 266 valence electrons. The van der Waals surface area contributed by atoms with Gasteiger partial charge < -0.3 is 10.1 Å². The number of rotatable bonds is 8. The molecule has 0 saturated heterocycles. The van der Waals surface area contributed by atoms with Crippen LogP contribution < -0.4 is 5.32 Å². The number of nitrogens with zero attached hydrogens (tertiary/aromatic N) is 1. The number of aromatic nitrogens is 1. The number of esters is 1. The Kier molecular flexibility index (Phi) is 12.7. The van der Waals surface area contributed by atoms with E-state index >= 15 is 0 Å². The van der Waals surface area contributed by atoms with Crippen molar-refractivity contribution in [1.29, 1.82) is 0 Å². The second kappa shape index (κ2) is 15.5. The first-order chi connectivity index (χ1) is 22.6. The van der Waals surface area contributed by atoms with E-state index in [-0.39, 0.29) is 40.2 Å². The molecule has 1 aromatic heterocycles. The zero-order valence-electron chi connectivity index (χ0n) is 25.0. The van der Waals surface area contributed by atoms with Gasteiger partial charge in [0.15, 0.2) is 23.3 Å². The monoisotopic (exact) mass is 766 g/mol. The van der Waals surface area contributed by atoms with Crippen molar-refractivity contribution in [2.45, 2.75) is 39.2 Å². The molecule has 0 bridgehead atoms. The Hall–Kier alpha value is -3.56. The van der Waals surface area contributed by atoms with Crippen molar-refractivity contribution < 1.29 is 58.2 Å². The van der Waals surface area contributed by atoms with Gasteiger partial charge >= 0.3 is 18.3 Å². The Balaban J connectivity index is 0.000000267. The van der Waals surface area contributed by atoms with Crippen molar-refractivity contribution in [1.82, 2.24) is 10.3 Å². The maximum absolute atomic E-state index is 13.5. The van der Waals surface area contributed by atoms with Crippen LogP contribution in [0.15, 0.2) is 53.2 Å². The molecule has 1 aliphatic carbocycles. The van der Waals surface area contributed by atoms with Crippen molar-refractivity contribution in [3.05, 3.63) is 109 Å². The average Bonchev–Trinajstić information content (AvgIpc) is 3.54. The number of hydrogen-bond acceptors (Lipinski definition) is 4. The third-order valence-electron chi connectivity index (χ3n) is 7.40. The zero-order chi connectivity index (χ0) is 37.1. The molecule has 1 heterocycles. The Morgan fingerprint density at radius 3 is 2.08 bits per heavy atom. The van der Waals surface area contributed by atoms with Crippen LogP contribution in [0.1, 0.15) is 46.6 Å². The van der Waals surface area contributed by atoms with Gasteiger partial charge in [0.2, 0.25) is 0 Å². The maximum atomic E-state index is 13.5. The number of alkyl halides is 6. The summed E-state index contributed by atoms with van der Waals surface area (Å²) in [6.07, 6.45) is -7.26. The molecule has 0 aliphatic heterocycles. The fourth-order valence-corrected chi connectivity index (χ4v) is 5.21. The number of halogens is 13. The predicted octanol–water partition coefficient (Wildman–Crippen LogP) is 9.62. The molecule has 1 saturated carbocycles. The normalized spacial score (nSPS) is 16.6. The van der Waals surface area contributed by atoms with E-state index in [0.29, 0.717) is 12.3 Å². The first-order valence-electron chi connectivity index (χ1n) is 13.7. The van der Waals surface area contributed by atoms with Crippen LogP contribution in [0.5, 0.6) is 0 Å². The quantitative estimate of drug-likeness (QED) is 0.141. The minimum atomic E-state index is -4.69. The van der Waals surface area contributed by atoms with Gasteiger partial charge in [0, 0.05) is 25.2 Å². The number of pyridine rings is 1. The van der Waals surface area contributed by atoms with Crippen molar-refractivity contribution >= 4 is 46.7 Å². The van der Waals surface area contributed by atoms with E-state index in [9.17, 15) is 53.5 Å². The summed E-state index contributed by atoms with van der Waals surface area (Å²) in [4.78, 5) is 27.6. The lowest BCUT2D eigenvalue weighted by molar-refractivity contribution is -0.147. The summed E-state index contributed by atoms with van der Waals surface area (Å²) in [7, 11) is 0. The molecule has 0 spiro atoms. The molecule has 1 amide bonds. The zero-order valence-corrected chi connectivity index (χ0v) is 27.2. The molecular weight excluding hydrogens is 745 g/mol. The van der Waals surface area contributed by atoms with Crippen molar-refractivity contribution in [2.24, 2.45) is 17.3 Å². The second-order valence-electron chi connectivity index (χ2n) is 11.0. The van der Waals surface area contributed by atoms with Crippen LogP contribution in [0.2, 0.25) is 5.02 Å². The van der Waals surface area contributed by atoms with E-state index in [1.807, 2.05) is 0 Å². The lowest BCUT2D eigenvalue weighted by atomic mass is 10.1. The predicted molar refractivity (Wildman–Crippen MR) is 158 cm³/mol. The van der Waals surface area contributed by atoms with Crippen LogP contribution in [-0.4, -0.2) is 23.4 Å². The van der Waals surface area contributed by atoms with Gasteiger partial charge in [-0.25, -0.2) is 17.6 Å². The minimum Gasteiger partial charge on any atom is -0.460 e. The lowest BCUT2D eigenvalue weighted by Crippen LogP contribution is -2.28. The summed E-state index contributed by atoms with van der Waals surface area (Å²) in [6.45, 7) is 2.46. The molecule has 49 heavy (non-hydrogen) atoms. The van der Waals surface area contributed by atoms with E-state index in [2.05, 4.69) is 10.3 Å². The van der Waals surface area contributed by atoms with Crippen LogP contribution in [0.3, 0.4) is 0 Å². The molecule has 2 aromatic carbocycles. The summed E-state index contributed by atoms with van der Waals surface area (Å²) in [5.74, 6) is -8.92. The van der Waals surface area contributed by atoms with Gasteiger partial charge in [-0.3, -0.25) is 14.6 Å². The molecule has 5 nitrogen and oxygen atoms in total. The number of carbonyl (C=O) groups excluding carboxylic acids is 2. The summed E-state index contributed by atoms with van der Waals surface area (Å²) in [6, 6.07) is 5.04. The molecule has 3 aromatic rings. The van der Waals surface area contributed by atoms with E-state index in [0.717, 1.165) is 18.2 Å². The van der Waals surface area contributed by atoms with Crippen LogP contribution in [-0.2, 0) is 34.9 Å². The number of benzene rings is 2. The van der Waals surface area contributed by atoms with E-state index in [1.165, 1.54) is 12.1 Å². The number of hydrogen-bond donors (Lipinski definition) is 1. The van der Waals surface area contributed by atoms with Gasteiger partial charge in [-0.15, -0.1) is 0 Å². The maximum Gasteiger partial charge on any atom is 0.417 e. The summed E-state index contributed by atoms with van der Waals surface area (Å²) < 4.78 is 134. The van der Waals surface area contributed by atoms with Gasteiger partial charge in [-0.2, -0.15) is 26.3 Å². The summed E-state index contributed by atoms with van der Waals surface area (Å²) in [5, 5.41) is 2.03. The summed E-state index contributed by atoms with van der Waals surface area (Å²) in [5.41, 5.74) is -4.03. The van der Waals surface area contributed by atoms with Crippen LogP contribution in [0.4, 0.5) is 43.9 Å². The SMILES string of the molecule is CC1(C)[C@H](C=C(Cl)Cl)[C@H]1C(=O)OCc1c(F)c(F)cc(F)c1F.O=C(NCCc1ncc(C(F)(F)F)cc1Cl)c1ccccc1C(F)(F)F. The topological polar surface area (TPSA) is 68.3 Å². The number of carbonyl (C=O) groups is 2. The van der Waals surface area contributed by atoms with Gasteiger partial charge in [0.1, 0.15) is 11.1 Å². The lowest BCUT2D eigenvalue weighted by Gasteiger charge is -2.13. The smallest absolute Gasteiger partial charge is 0.417 e. The molecule has 2 atom stereocenters. The molecule has 1 aliphatic rings. The van der Waals surface area contributed by atoms with Gasteiger partial charge in [-0.1, -0.05) is 60.8 Å². The number of amides is 1. The van der Waals surface area contributed by atoms with Crippen molar-refractivity contribution in [3.8, 4) is 0 Å². The Bertz CT molecular complexity index is 1720. The standard InChI is InChI=1S/C16H11ClF6N2O.C15H12Cl2F4O2/c17-12-7-9(15(18,19)20)8-25-13(12)5-6-24-14(26)10-3-1-2-4-11(10)16(21,22)23;1-15(2)7(3-10(16)17)11(15)14(22)23-5-6-12(20)8(18)4-9(19)13(6)21/h1-4,7-8H,5-6H2,(H,24,26);3-4,7,11H,5H2,1-2H3/t;7-,11+/m.1/s1. The fourth-order valence-electron chi connectivity index (χ4n) is 4.68. The first-order valence-corrected chi connectivity index (χ1v) is 14.9. The Morgan fingerprint density at radius 1 is 0.959 bits per heavy atom. The van der Waals surface area contributed by atoms with E-state index < -0.39 is 87.7 Å². The first kappa shape index (κ1) is 39.9. The highest BCUT2D eigenvalue weighted by atomic mass is 35.5. The highest BCUT2D eigenvalue weighted by molar-refractivity contribution is 6.55. The van der Waals surface area contributed by atoms with Crippen molar-refractivity contribution in [2.75, 3.05) is 6.54 Å². The van der Waals surface area contributed by atoms with Crippen LogP contribution in [0.25, 0.3) is 0 Å².